The lowest BCUT2D eigenvalue weighted by Crippen LogP contribution is -2.05. The monoisotopic (exact) mass is 340 g/mol. The zero-order valence-electron chi connectivity index (χ0n) is 11.0. The Hall–Kier alpha value is -1.05. The highest BCUT2D eigenvalue weighted by atomic mass is 79.9. The van der Waals surface area contributed by atoms with E-state index in [9.17, 15) is 0 Å². The van der Waals surface area contributed by atoms with E-state index in [1.165, 1.54) is 0 Å². The molecule has 0 amide bonds. The summed E-state index contributed by atoms with van der Waals surface area (Å²) in [6.07, 6.45) is 0. The Kier molecular flexibility index (Phi) is 6.90. The van der Waals surface area contributed by atoms with E-state index in [2.05, 4.69) is 13.8 Å². The zero-order valence-corrected chi connectivity index (χ0v) is 13.6. The van der Waals surface area contributed by atoms with Crippen LogP contribution >= 0.6 is 25.4 Å². The van der Waals surface area contributed by atoms with Gasteiger partial charge in [0.1, 0.15) is 11.5 Å². The second kappa shape index (κ2) is 8.19. The van der Waals surface area contributed by atoms with Gasteiger partial charge in [-0.1, -0.05) is 50.2 Å². The van der Waals surface area contributed by atoms with Crippen molar-refractivity contribution >= 4 is 25.4 Å². The minimum Gasteiger partial charge on any atom is -0.438 e. The van der Waals surface area contributed by atoms with Crippen molar-refractivity contribution in [1.29, 1.82) is 0 Å². The van der Waals surface area contributed by atoms with Gasteiger partial charge in [0.25, 0.3) is 8.38 Å². The van der Waals surface area contributed by atoms with E-state index in [1.54, 1.807) is 0 Å². The number of hydrogen-bond acceptors (Lipinski definition) is 2. The second-order valence-electron chi connectivity index (χ2n) is 4.19. The summed E-state index contributed by atoms with van der Waals surface area (Å²) in [6.45, 7) is 4.22. The van der Waals surface area contributed by atoms with Gasteiger partial charge in [-0.05, 0) is 24.3 Å². The first-order valence-electron chi connectivity index (χ1n) is 6.01. The van der Waals surface area contributed by atoms with Gasteiger partial charge in [-0.3, -0.25) is 0 Å². The number of halogens is 1. The molecular formula is C15H18BrO2P. The van der Waals surface area contributed by atoms with E-state index in [4.69, 9.17) is 9.05 Å². The molecule has 102 valence electrons. The van der Waals surface area contributed by atoms with Gasteiger partial charge >= 0.3 is 0 Å². The van der Waals surface area contributed by atoms with E-state index < -0.39 is 8.38 Å². The first-order chi connectivity index (χ1) is 8.75. The molecule has 0 aliphatic carbocycles. The summed E-state index contributed by atoms with van der Waals surface area (Å²) >= 11 is 0. The van der Waals surface area contributed by atoms with Crippen molar-refractivity contribution in [2.24, 2.45) is 0 Å². The maximum atomic E-state index is 5.92. The van der Waals surface area contributed by atoms with Gasteiger partial charge in [0.2, 0.25) is 0 Å². The van der Waals surface area contributed by atoms with Crippen LogP contribution in [0.2, 0.25) is 0 Å². The van der Waals surface area contributed by atoms with Crippen molar-refractivity contribution in [3.63, 3.8) is 0 Å². The molecule has 0 spiro atoms. The fourth-order valence-electron chi connectivity index (χ4n) is 1.40. The molecule has 2 rings (SSSR count). The normalized spacial score (nSPS) is 10.1. The van der Waals surface area contributed by atoms with Gasteiger partial charge < -0.3 is 9.05 Å². The Morgan fingerprint density at radius 1 is 0.737 bits per heavy atom. The fourth-order valence-corrected chi connectivity index (χ4v) is 2.52. The third kappa shape index (κ3) is 5.22. The molecule has 0 heterocycles. The second-order valence-corrected chi connectivity index (χ2v) is 6.16. The number of benzene rings is 2. The van der Waals surface area contributed by atoms with Gasteiger partial charge in [0.15, 0.2) is 0 Å². The molecule has 0 aliphatic rings. The Labute approximate surface area is 126 Å². The molecular weight excluding hydrogens is 323 g/mol. The highest BCUT2D eigenvalue weighted by Crippen LogP contribution is 2.44. The molecule has 0 atom stereocenters. The smallest absolute Gasteiger partial charge is 0.293 e. The van der Waals surface area contributed by atoms with Crippen LogP contribution < -0.4 is 9.05 Å². The maximum absolute atomic E-state index is 5.92. The molecule has 0 radical (unpaired) electrons. The van der Waals surface area contributed by atoms with Crippen LogP contribution in [0.15, 0.2) is 60.7 Å². The Morgan fingerprint density at radius 2 is 1.11 bits per heavy atom. The summed E-state index contributed by atoms with van der Waals surface area (Å²) in [7, 11) is -0.972. The Bertz CT molecular complexity index is 421. The minimum absolute atomic E-state index is 0. The molecule has 0 aliphatic heterocycles. The molecule has 4 heteroatoms. The van der Waals surface area contributed by atoms with Crippen LogP contribution in [0, 0.1) is 0 Å². The van der Waals surface area contributed by atoms with Gasteiger partial charge in [-0.15, -0.1) is 17.0 Å². The fraction of sp³-hybridized carbons (Fsp3) is 0.200. The van der Waals surface area contributed by atoms with Crippen LogP contribution in [-0.2, 0) is 0 Å². The lowest BCUT2D eigenvalue weighted by molar-refractivity contribution is 0.480. The van der Waals surface area contributed by atoms with Crippen molar-refractivity contribution in [2.75, 3.05) is 0 Å². The number of rotatable bonds is 5. The number of para-hydroxylation sites is 2. The van der Waals surface area contributed by atoms with E-state index in [0.29, 0.717) is 5.66 Å². The molecule has 19 heavy (non-hydrogen) atoms. The largest absolute Gasteiger partial charge is 0.438 e. The van der Waals surface area contributed by atoms with E-state index in [0.717, 1.165) is 11.5 Å². The average molecular weight is 341 g/mol. The lowest BCUT2D eigenvalue weighted by atomic mass is 10.3. The van der Waals surface area contributed by atoms with Crippen LogP contribution in [0.3, 0.4) is 0 Å². The van der Waals surface area contributed by atoms with Crippen molar-refractivity contribution in [3.05, 3.63) is 60.7 Å². The van der Waals surface area contributed by atoms with Crippen molar-refractivity contribution in [1.82, 2.24) is 0 Å². The van der Waals surface area contributed by atoms with Crippen LogP contribution in [0.5, 0.6) is 11.5 Å². The highest BCUT2D eigenvalue weighted by molar-refractivity contribution is 8.93. The van der Waals surface area contributed by atoms with Gasteiger partial charge in [-0.2, -0.15) is 0 Å². The summed E-state index contributed by atoms with van der Waals surface area (Å²) in [5.74, 6) is 1.71. The maximum Gasteiger partial charge on any atom is 0.293 e. The molecule has 0 unspecified atom stereocenters. The molecule has 2 aromatic carbocycles. The van der Waals surface area contributed by atoms with Crippen LogP contribution in [-0.4, -0.2) is 5.66 Å². The Morgan fingerprint density at radius 3 is 1.42 bits per heavy atom. The summed E-state index contributed by atoms with van der Waals surface area (Å²) in [4.78, 5) is 0. The molecule has 0 saturated heterocycles. The molecule has 0 saturated carbocycles. The van der Waals surface area contributed by atoms with Crippen LogP contribution in [0.25, 0.3) is 0 Å². The molecule has 0 fully saturated rings. The summed E-state index contributed by atoms with van der Waals surface area (Å²) in [6, 6.07) is 19.6. The molecule has 0 N–H and O–H groups in total. The van der Waals surface area contributed by atoms with Crippen molar-refractivity contribution in [2.45, 2.75) is 19.5 Å². The van der Waals surface area contributed by atoms with Crippen molar-refractivity contribution < 1.29 is 9.05 Å². The molecule has 0 aromatic heterocycles. The first kappa shape index (κ1) is 16.0. The SMILES string of the molecule is Br.CC(C)P(Oc1ccccc1)Oc1ccccc1. The van der Waals surface area contributed by atoms with Crippen LogP contribution in [0.1, 0.15) is 13.8 Å². The van der Waals surface area contributed by atoms with Gasteiger partial charge in [-0.25, -0.2) is 0 Å². The van der Waals surface area contributed by atoms with E-state index in [1.807, 2.05) is 60.7 Å². The third-order valence-electron chi connectivity index (χ3n) is 2.30. The molecule has 0 bridgehead atoms. The molecule has 2 aromatic rings. The van der Waals surface area contributed by atoms with E-state index in [-0.39, 0.29) is 17.0 Å². The van der Waals surface area contributed by atoms with Gasteiger partial charge in [0, 0.05) is 5.66 Å². The predicted molar refractivity (Wildman–Crippen MR) is 86.5 cm³/mol. The first-order valence-corrected chi connectivity index (χ1v) is 7.25. The third-order valence-corrected chi connectivity index (χ3v) is 3.92. The van der Waals surface area contributed by atoms with E-state index >= 15 is 0 Å². The predicted octanol–water partition coefficient (Wildman–Crippen LogP) is 5.44. The summed E-state index contributed by atoms with van der Waals surface area (Å²) < 4.78 is 11.8. The lowest BCUT2D eigenvalue weighted by Gasteiger charge is -2.21. The average Bonchev–Trinajstić information content (AvgIpc) is 2.40. The highest BCUT2D eigenvalue weighted by Gasteiger charge is 2.19. The van der Waals surface area contributed by atoms with Gasteiger partial charge in [0.05, 0.1) is 0 Å². The number of hydrogen-bond donors (Lipinski definition) is 0. The Balaban J connectivity index is 0.00000180. The quantitative estimate of drug-likeness (QED) is 0.674. The summed E-state index contributed by atoms with van der Waals surface area (Å²) in [5, 5.41) is 0. The zero-order chi connectivity index (χ0) is 12.8. The summed E-state index contributed by atoms with van der Waals surface area (Å²) in [5.41, 5.74) is 0.334. The van der Waals surface area contributed by atoms with Crippen LogP contribution in [0.4, 0.5) is 0 Å². The molecule has 2 nitrogen and oxygen atoms in total. The minimum atomic E-state index is -0.972. The van der Waals surface area contributed by atoms with Crippen molar-refractivity contribution in [3.8, 4) is 11.5 Å². The topological polar surface area (TPSA) is 18.5 Å². The standard InChI is InChI=1S/C15H17O2P.BrH/c1-13(2)18(16-14-9-5-3-6-10-14)17-15-11-7-4-8-12-15;/h3-13H,1-2H3;1H.